The predicted octanol–water partition coefficient (Wildman–Crippen LogP) is 4.17. The topological polar surface area (TPSA) is 52.3 Å². The van der Waals surface area contributed by atoms with Crippen molar-refractivity contribution < 1.29 is 9.53 Å². The number of carbonyl (C=O) groups excluding carboxylic acids is 1. The van der Waals surface area contributed by atoms with E-state index in [2.05, 4.69) is 24.3 Å². The molecule has 1 aliphatic carbocycles. The van der Waals surface area contributed by atoms with Crippen LogP contribution in [-0.4, -0.2) is 12.6 Å². The highest BCUT2D eigenvalue weighted by atomic mass is 32.1. The standard InChI is InChI=1S/C18H21NO2S/c1-2-10-21-18(20)16-14-9-8-13(11-15(14)22-17(16)19)12-6-4-3-5-7-12/h3-7,13H,2,8-11,19H2,1H3. The number of nitrogen functional groups attached to an aromatic ring is 1. The van der Waals surface area contributed by atoms with Gasteiger partial charge in [-0.05, 0) is 42.7 Å². The maximum atomic E-state index is 12.2. The molecular formula is C18H21NO2S. The van der Waals surface area contributed by atoms with Gasteiger partial charge in [0, 0.05) is 4.88 Å². The summed E-state index contributed by atoms with van der Waals surface area (Å²) in [6.45, 7) is 2.44. The number of anilines is 1. The number of carbonyl (C=O) groups is 1. The van der Waals surface area contributed by atoms with Gasteiger partial charge in [0.1, 0.15) is 5.00 Å². The van der Waals surface area contributed by atoms with Crippen LogP contribution in [0, 0.1) is 0 Å². The minimum atomic E-state index is -0.255. The molecule has 22 heavy (non-hydrogen) atoms. The second kappa shape index (κ2) is 6.53. The van der Waals surface area contributed by atoms with E-state index in [4.69, 9.17) is 10.5 Å². The molecule has 3 rings (SSSR count). The highest BCUT2D eigenvalue weighted by molar-refractivity contribution is 7.16. The molecule has 0 saturated carbocycles. The van der Waals surface area contributed by atoms with Gasteiger partial charge in [-0.1, -0.05) is 37.3 Å². The molecule has 0 aliphatic heterocycles. The third kappa shape index (κ3) is 2.88. The van der Waals surface area contributed by atoms with Gasteiger partial charge in [-0.25, -0.2) is 4.79 Å². The molecule has 1 aromatic carbocycles. The van der Waals surface area contributed by atoms with Gasteiger partial charge in [-0.3, -0.25) is 0 Å². The van der Waals surface area contributed by atoms with E-state index in [0.717, 1.165) is 31.2 Å². The van der Waals surface area contributed by atoms with Crippen LogP contribution >= 0.6 is 11.3 Å². The smallest absolute Gasteiger partial charge is 0.341 e. The van der Waals surface area contributed by atoms with E-state index in [1.54, 1.807) is 11.3 Å². The van der Waals surface area contributed by atoms with Crippen molar-refractivity contribution in [3.63, 3.8) is 0 Å². The van der Waals surface area contributed by atoms with Crippen LogP contribution in [0.3, 0.4) is 0 Å². The lowest BCUT2D eigenvalue weighted by Gasteiger charge is -2.23. The lowest BCUT2D eigenvalue weighted by molar-refractivity contribution is 0.0505. The van der Waals surface area contributed by atoms with Gasteiger partial charge < -0.3 is 10.5 Å². The van der Waals surface area contributed by atoms with Crippen molar-refractivity contribution in [1.82, 2.24) is 0 Å². The fourth-order valence-corrected chi connectivity index (χ4v) is 4.29. The van der Waals surface area contributed by atoms with Gasteiger partial charge in [-0.2, -0.15) is 0 Å². The second-order valence-corrected chi connectivity index (χ2v) is 6.87. The van der Waals surface area contributed by atoms with Crippen molar-refractivity contribution in [1.29, 1.82) is 0 Å². The summed E-state index contributed by atoms with van der Waals surface area (Å²) in [4.78, 5) is 13.5. The van der Waals surface area contributed by atoms with Crippen LogP contribution in [0.5, 0.6) is 0 Å². The maximum Gasteiger partial charge on any atom is 0.341 e. The average molecular weight is 315 g/mol. The van der Waals surface area contributed by atoms with Crippen molar-refractivity contribution in [3.8, 4) is 0 Å². The molecule has 0 bridgehead atoms. The predicted molar refractivity (Wildman–Crippen MR) is 90.5 cm³/mol. The molecule has 0 amide bonds. The number of hydrogen-bond acceptors (Lipinski definition) is 4. The first-order valence-electron chi connectivity index (χ1n) is 7.82. The summed E-state index contributed by atoms with van der Waals surface area (Å²) < 4.78 is 5.28. The third-order valence-corrected chi connectivity index (χ3v) is 5.29. The van der Waals surface area contributed by atoms with Crippen molar-refractivity contribution in [2.45, 2.75) is 38.5 Å². The SMILES string of the molecule is CCCOC(=O)c1c(N)sc2c1CCC(c1ccccc1)C2. The van der Waals surface area contributed by atoms with E-state index >= 15 is 0 Å². The van der Waals surface area contributed by atoms with Crippen molar-refractivity contribution in [3.05, 3.63) is 51.9 Å². The van der Waals surface area contributed by atoms with E-state index < -0.39 is 0 Å². The number of hydrogen-bond donors (Lipinski definition) is 1. The lowest BCUT2D eigenvalue weighted by atomic mass is 9.83. The summed E-state index contributed by atoms with van der Waals surface area (Å²) in [6, 6.07) is 10.6. The second-order valence-electron chi connectivity index (χ2n) is 5.73. The quantitative estimate of drug-likeness (QED) is 0.862. The molecule has 1 aromatic heterocycles. The molecule has 0 radical (unpaired) electrons. The number of ether oxygens (including phenoxy) is 1. The Bertz CT molecular complexity index is 663. The lowest BCUT2D eigenvalue weighted by Crippen LogP contribution is -2.15. The monoisotopic (exact) mass is 315 g/mol. The normalized spacial score (nSPS) is 17.0. The molecule has 4 heteroatoms. The Balaban J connectivity index is 1.83. The first-order chi connectivity index (χ1) is 10.7. The number of fused-ring (bicyclic) bond motifs is 1. The van der Waals surface area contributed by atoms with Crippen molar-refractivity contribution in [2.24, 2.45) is 0 Å². The molecule has 116 valence electrons. The summed E-state index contributed by atoms with van der Waals surface area (Å²) in [5.74, 6) is 0.265. The Morgan fingerprint density at radius 2 is 2.14 bits per heavy atom. The summed E-state index contributed by atoms with van der Waals surface area (Å²) in [5, 5.41) is 0.611. The van der Waals surface area contributed by atoms with Crippen LogP contribution in [0.1, 0.15) is 52.0 Å². The number of benzene rings is 1. The van der Waals surface area contributed by atoms with Gasteiger partial charge in [0.2, 0.25) is 0 Å². The Kier molecular flexibility index (Phi) is 4.48. The molecule has 1 unspecified atom stereocenters. The zero-order valence-corrected chi connectivity index (χ0v) is 13.6. The van der Waals surface area contributed by atoms with E-state index in [0.29, 0.717) is 23.1 Å². The average Bonchev–Trinajstić information content (AvgIpc) is 2.88. The molecule has 0 saturated heterocycles. The van der Waals surface area contributed by atoms with E-state index in [1.165, 1.54) is 10.4 Å². The first-order valence-corrected chi connectivity index (χ1v) is 8.64. The van der Waals surface area contributed by atoms with E-state index in [1.807, 2.05) is 13.0 Å². The molecule has 0 spiro atoms. The summed E-state index contributed by atoms with van der Waals surface area (Å²) in [7, 11) is 0. The van der Waals surface area contributed by atoms with Crippen LogP contribution in [0.25, 0.3) is 0 Å². The molecular weight excluding hydrogens is 294 g/mol. The zero-order chi connectivity index (χ0) is 15.5. The van der Waals surface area contributed by atoms with Crippen molar-refractivity contribution >= 4 is 22.3 Å². The summed E-state index contributed by atoms with van der Waals surface area (Å²) in [6.07, 6.45) is 3.75. The largest absolute Gasteiger partial charge is 0.462 e. The number of thiophene rings is 1. The summed E-state index contributed by atoms with van der Waals surface area (Å²) in [5.41, 5.74) is 9.21. The highest BCUT2D eigenvalue weighted by Crippen LogP contribution is 2.41. The molecule has 2 aromatic rings. The minimum Gasteiger partial charge on any atom is -0.462 e. The first kappa shape index (κ1) is 15.1. The van der Waals surface area contributed by atoms with Crippen LogP contribution in [-0.2, 0) is 17.6 Å². The van der Waals surface area contributed by atoms with Crippen LogP contribution < -0.4 is 5.73 Å². The van der Waals surface area contributed by atoms with Crippen molar-refractivity contribution in [2.75, 3.05) is 12.3 Å². The summed E-state index contributed by atoms with van der Waals surface area (Å²) >= 11 is 1.55. The van der Waals surface area contributed by atoms with E-state index in [9.17, 15) is 4.79 Å². The fourth-order valence-electron chi connectivity index (χ4n) is 3.11. The zero-order valence-electron chi connectivity index (χ0n) is 12.8. The Labute approximate surface area is 135 Å². The molecule has 0 fully saturated rings. The number of esters is 1. The number of nitrogens with two attached hydrogens (primary N) is 1. The molecule has 2 N–H and O–H groups in total. The van der Waals surface area contributed by atoms with Gasteiger partial charge >= 0.3 is 5.97 Å². The number of rotatable bonds is 4. The van der Waals surface area contributed by atoms with Gasteiger partial charge in [0.25, 0.3) is 0 Å². The van der Waals surface area contributed by atoms with Crippen LogP contribution in [0.15, 0.2) is 30.3 Å². The minimum absolute atomic E-state index is 0.255. The molecule has 3 nitrogen and oxygen atoms in total. The van der Waals surface area contributed by atoms with Crippen LogP contribution in [0.2, 0.25) is 0 Å². The molecule has 1 heterocycles. The molecule has 1 atom stereocenters. The van der Waals surface area contributed by atoms with Crippen LogP contribution in [0.4, 0.5) is 5.00 Å². The third-order valence-electron chi connectivity index (χ3n) is 4.20. The highest BCUT2D eigenvalue weighted by Gasteiger charge is 2.29. The Morgan fingerprint density at radius 3 is 2.86 bits per heavy atom. The Hall–Kier alpha value is -1.81. The Morgan fingerprint density at radius 1 is 1.36 bits per heavy atom. The van der Waals surface area contributed by atoms with Gasteiger partial charge in [-0.15, -0.1) is 11.3 Å². The van der Waals surface area contributed by atoms with Gasteiger partial charge in [0.05, 0.1) is 12.2 Å². The molecule has 1 aliphatic rings. The van der Waals surface area contributed by atoms with Gasteiger partial charge in [0.15, 0.2) is 0 Å². The fraction of sp³-hybridized carbons (Fsp3) is 0.389. The van der Waals surface area contributed by atoms with E-state index in [-0.39, 0.29) is 5.97 Å². The maximum absolute atomic E-state index is 12.2.